The molecule has 92 valence electrons. The van der Waals surface area contributed by atoms with E-state index in [4.69, 9.17) is 5.11 Å². The number of nitrogens with one attached hydrogen (secondary N) is 1. The highest BCUT2D eigenvalue weighted by Crippen LogP contribution is 2.09. The van der Waals surface area contributed by atoms with Crippen LogP contribution in [-0.2, 0) is 14.4 Å². The number of Topliss-reactive ketones (excluding diaryl/α,β-unsaturated/α-hetero) is 2. The smallest absolute Gasteiger partial charge is 0.303 e. The summed E-state index contributed by atoms with van der Waals surface area (Å²) in [5.74, 6) is -1.35. The first-order valence-corrected chi connectivity index (χ1v) is 5.30. The van der Waals surface area contributed by atoms with Gasteiger partial charge >= 0.3 is 5.97 Å². The monoisotopic (exact) mass is 229 g/mol. The van der Waals surface area contributed by atoms with Gasteiger partial charge in [-0.15, -0.1) is 0 Å². The van der Waals surface area contributed by atoms with Gasteiger partial charge in [-0.3, -0.25) is 14.4 Å². The zero-order chi connectivity index (χ0) is 12.7. The van der Waals surface area contributed by atoms with Gasteiger partial charge < -0.3 is 10.4 Å². The number of hydrogen-bond acceptors (Lipinski definition) is 4. The highest BCUT2D eigenvalue weighted by Gasteiger charge is 2.21. The summed E-state index contributed by atoms with van der Waals surface area (Å²) in [6, 6.07) is -0.474. The normalized spacial score (nSPS) is 14.2. The second kappa shape index (κ2) is 7.11. The minimum absolute atomic E-state index is 0.0264. The van der Waals surface area contributed by atoms with Gasteiger partial charge in [-0.05, 0) is 20.4 Å². The van der Waals surface area contributed by atoms with Gasteiger partial charge in [0.05, 0.1) is 6.04 Å². The van der Waals surface area contributed by atoms with Crippen molar-refractivity contribution in [2.24, 2.45) is 5.92 Å². The average Bonchev–Trinajstić information content (AvgIpc) is 2.17. The lowest BCUT2D eigenvalue weighted by molar-refractivity contribution is -0.137. The van der Waals surface area contributed by atoms with Gasteiger partial charge in [0.2, 0.25) is 0 Å². The maximum atomic E-state index is 11.7. The van der Waals surface area contributed by atoms with Crippen molar-refractivity contribution in [3.8, 4) is 0 Å². The third-order valence-electron chi connectivity index (χ3n) is 2.59. The summed E-state index contributed by atoms with van der Waals surface area (Å²) >= 11 is 0. The highest BCUT2D eigenvalue weighted by atomic mass is 16.4. The van der Waals surface area contributed by atoms with Crippen molar-refractivity contribution in [2.75, 3.05) is 7.05 Å². The van der Waals surface area contributed by atoms with Crippen molar-refractivity contribution < 1.29 is 19.5 Å². The van der Waals surface area contributed by atoms with E-state index in [0.29, 0.717) is 0 Å². The van der Waals surface area contributed by atoms with Crippen LogP contribution in [0.1, 0.15) is 33.1 Å². The fourth-order valence-corrected chi connectivity index (χ4v) is 1.32. The molecular weight excluding hydrogens is 210 g/mol. The number of carboxylic acids is 1. The molecule has 2 atom stereocenters. The Kier molecular flexibility index (Phi) is 6.56. The summed E-state index contributed by atoms with van der Waals surface area (Å²) in [5, 5.41) is 11.3. The number of likely N-dealkylation sites (N-methyl/N-ethyl adjacent to an activating group) is 1. The Morgan fingerprint density at radius 1 is 1.31 bits per heavy atom. The zero-order valence-corrected chi connectivity index (χ0v) is 9.95. The SMILES string of the molecule is CN[C@H](CCC(=O)O)C(=O)C[C@H](C)C(C)=O. The molecule has 0 saturated carbocycles. The second-order valence-corrected chi connectivity index (χ2v) is 3.96. The van der Waals surface area contributed by atoms with Gasteiger partial charge in [-0.2, -0.15) is 0 Å². The lowest BCUT2D eigenvalue weighted by Crippen LogP contribution is -2.36. The van der Waals surface area contributed by atoms with E-state index in [9.17, 15) is 14.4 Å². The molecule has 0 amide bonds. The van der Waals surface area contributed by atoms with Gasteiger partial charge in [0.15, 0.2) is 0 Å². The molecule has 0 fully saturated rings. The van der Waals surface area contributed by atoms with Crippen LogP contribution in [0, 0.1) is 5.92 Å². The van der Waals surface area contributed by atoms with E-state index in [2.05, 4.69) is 5.32 Å². The first kappa shape index (κ1) is 14.8. The van der Waals surface area contributed by atoms with E-state index in [1.165, 1.54) is 6.92 Å². The molecule has 0 unspecified atom stereocenters. The minimum atomic E-state index is -0.923. The number of rotatable bonds is 8. The van der Waals surface area contributed by atoms with Crippen molar-refractivity contribution in [1.82, 2.24) is 5.32 Å². The van der Waals surface area contributed by atoms with E-state index < -0.39 is 12.0 Å². The minimum Gasteiger partial charge on any atom is -0.481 e. The molecule has 0 rings (SSSR count). The third kappa shape index (κ3) is 5.60. The third-order valence-corrected chi connectivity index (χ3v) is 2.59. The van der Waals surface area contributed by atoms with Gasteiger partial charge in [-0.1, -0.05) is 6.92 Å². The molecule has 0 saturated heterocycles. The summed E-state index contributed by atoms with van der Waals surface area (Å²) in [7, 11) is 1.61. The summed E-state index contributed by atoms with van der Waals surface area (Å²) in [6.07, 6.45) is 0.376. The van der Waals surface area contributed by atoms with Crippen LogP contribution in [0.2, 0.25) is 0 Å². The number of ketones is 2. The van der Waals surface area contributed by atoms with Crippen molar-refractivity contribution in [3.63, 3.8) is 0 Å². The van der Waals surface area contributed by atoms with Gasteiger partial charge in [0, 0.05) is 18.8 Å². The summed E-state index contributed by atoms with van der Waals surface area (Å²) in [5.41, 5.74) is 0. The Labute approximate surface area is 95.2 Å². The molecule has 0 aromatic heterocycles. The number of carboxylic acid groups (broad SMARTS) is 1. The quantitative estimate of drug-likeness (QED) is 0.637. The second-order valence-electron chi connectivity index (χ2n) is 3.96. The zero-order valence-electron chi connectivity index (χ0n) is 9.95. The molecule has 5 heteroatoms. The number of carbonyl (C=O) groups is 3. The van der Waals surface area contributed by atoms with E-state index >= 15 is 0 Å². The van der Waals surface area contributed by atoms with Crippen molar-refractivity contribution in [1.29, 1.82) is 0 Å². The fourth-order valence-electron chi connectivity index (χ4n) is 1.32. The lowest BCUT2D eigenvalue weighted by Gasteiger charge is -2.15. The standard InChI is InChI=1S/C11H19NO4/c1-7(8(2)13)6-10(14)9(12-3)4-5-11(15)16/h7,9,12H,4-6H2,1-3H3,(H,15,16)/t7-,9+/m0/s1. The largest absolute Gasteiger partial charge is 0.481 e. The van der Waals surface area contributed by atoms with Gasteiger partial charge in [-0.25, -0.2) is 0 Å². The molecule has 0 aliphatic carbocycles. The maximum absolute atomic E-state index is 11.7. The van der Waals surface area contributed by atoms with Crippen LogP contribution in [0.3, 0.4) is 0 Å². The molecule has 16 heavy (non-hydrogen) atoms. The van der Waals surface area contributed by atoms with Crippen molar-refractivity contribution in [2.45, 2.75) is 39.2 Å². The lowest BCUT2D eigenvalue weighted by atomic mass is 9.95. The Morgan fingerprint density at radius 2 is 1.88 bits per heavy atom. The molecule has 0 radical (unpaired) electrons. The predicted molar refractivity (Wildman–Crippen MR) is 59.2 cm³/mol. The number of aliphatic carboxylic acids is 1. The van der Waals surface area contributed by atoms with Gasteiger partial charge in [0.1, 0.15) is 11.6 Å². The van der Waals surface area contributed by atoms with Crippen molar-refractivity contribution in [3.05, 3.63) is 0 Å². The van der Waals surface area contributed by atoms with Crippen LogP contribution in [0.25, 0.3) is 0 Å². The molecule has 0 aromatic carbocycles. The molecule has 0 aromatic rings. The van der Waals surface area contributed by atoms with Crippen LogP contribution in [0.5, 0.6) is 0 Å². The van der Waals surface area contributed by atoms with Gasteiger partial charge in [0.25, 0.3) is 0 Å². The van der Waals surface area contributed by atoms with Crippen LogP contribution < -0.4 is 5.32 Å². The molecule has 2 N–H and O–H groups in total. The Morgan fingerprint density at radius 3 is 2.25 bits per heavy atom. The van der Waals surface area contributed by atoms with E-state index in [1.54, 1.807) is 14.0 Å². The summed E-state index contributed by atoms with van der Waals surface area (Å²) in [4.78, 5) is 33.1. The van der Waals surface area contributed by atoms with E-state index in [0.717, 1.165) is 0 Å². The molecule has 0 aliphatic heterocycles. The molecule has 0 heterocycles. The van der Waals surface area contributed by atoms with Crippen LogP contribution >= 0.6 is 0 Å². The predicted octanol–water partition coefficient (Wildman–Crippen LogP) is 0.623. The average molecular weight is 229 g/mol. The van der Waals surface area contributed by atoms with Crippen molar-refractivity contribution >= 4 is 17.5 Å². The highest BCUT2D eigenvalue weighted by molar-refractivity contribution is 5.89. The molecule has 5 nitrogen and oxygen atoms in total. The molecular formula is C11H19NO4. The van der Waals surface area contributed by atoms with Crippen LogP contribution in [-0.4, -0.2) is 35.7 Å². The summed E-state index contributed by atoms with van der Waals surface area (Å²) < 4.78 is 0. The maximum Gasteiger partial charge on any atom is 0.303 e. The van der Waals surface area contributed by atoms with E-state index in [-0.39, 0.29) is 36.7 Å². The molecule has 0 spiro atoms. The van der Waals surface area contributed by atoms with Crippen LogP contribution in [0.4, 0.5) is 0 Å². The van der Waals surface area contributed by atoms with Crippen LogP contribution in [0.15, 0.2) is 0 Å². The Bertz CT molecular complexity index is 275. The fraction of sp³-hybridized carbons (Fsp3) is 0.727. The Hall–Kier alpha value is -1.23. The first-order chi connectivity index (χ1) is 7.38. The van der Waals surface area contributed by atoms with E-state index in [1.807, 2.05) is 0 Å². The first-order valence-electron chi connectivity index (χ1n) is 5.30. The molecule has 0 aliphatic rings. The topological polar surface area (TPSA) is 83.5 Å². The summed E-state index contributed by atoms with van der Waals surface area (Å²) in [6.45, 7) is 3.15. The Balaban J connectivity index is 4.20. The number of hydrogen-bond donors (Lipinski definition) is 2. The molecule has 0 bridgehead atoms. The number of carbonyl (C=O) groups excluding carboxylic acids is 2.